The molecule has 0 N–H and O–H groups in total. The van der Waals surface area contributed by atoms with Crippen LogP contribution in [0.4, 0.5) is 0 Å². The van der Waals surface area contributed by atoms with Gasteiger partial charge < -0.3 is 4.74 Å². The molecule has 1 saturated carbocycles. The van der Waals surface area contributed by atoms with Crippen LogP contribution < -0.4 is 4.74 Å². The molecule has 1 aromatic rings. The summed E-state index contributed by atoms with van der Waals surface area (Å²) in [5, 5.41) is 0. The van der Waals surface area contributed by atoms with E-state index >= 15 is 0 Å². The van der Waals surface area contributed by atoms with Gasteiger partial charge in [0.2, 0.25) is 0 Å². The highest BCUT2D eigenvalue weighted by Crippen LogP contribution is 2.34. The van der Waals surface area contributed by atoms with Gasteiger partial charge >= 0.3 is 0 Å². The Morgan fingerprint density at radius 3 is 2.50 bits per heavy atom. The first-order chi connectivity index (χ1) is 9.52. The lowest BCUT2D eigenvalue weighted by Gasteiger charge is -2.26. The molecule has 0 atom stereocenters. The minimum absolute atomic E-state index is 0.0130. The van der Waals surface area contributed by atoms with E-state index in [0.717, 1.165) is 24.2 Å². The first kappa shape index (κ1) is 15.1. The van der Waals surface area contributed by atoms with Crippen LogP contribution in [0.3, 0.4) is 0 Å². The summed E-state index contributed by atoms with van der Waals surface area (Å²) in [6, 6.07) is 5.86. The van der Waals surface area contributed by atoms with Crippen LogP contribution in [-0.4, -0.2) is 12.9 Å². The molecule has 2 heteroatoms. The van der Waals surface area contributed by atoms with E-state index in [1.54, 1.807) is 0 Å². The fraction of sp³-hybridized carbons (Fsp3) is 0.611. The molecular formula is C18H26O2. The van der Waals surface area contributed by atoms with E-state index in [1.165, 1.54) is 32.1 Å². The normalized spacial score (nSPS) is 16.9. The minimum Gasteiger partial charge on any atom is -0.492 e. The summed E-state index contributed by atoms with van der Waals surface area (Å²) >= 11 is 0. The van der Waals surface area contributed by atoms with Crippen LogP contribution in [0.1, 0.15) is 68.8 Å². The van der Waals surface area contributed by atoms with Crippen molar-refractivity contribution >= 4 is 6.29 Å². The van der Waals surface area contributed by atoms with Gasteiger partial charge in [0.25, 0.3) is 0 Å². The zero-order valence-corrected chi connectivity index (χ0v) is 12.9. The third-order valence-corrected chi connectivity index (χ3v) is 4.17. The van der Waals surface area contributed by atoms with E-state index in [0.29, 0.717) is 11.5 Å². The lowest BCUT2D eigenvalue weighted by Crippen LogP contribution is -2.19. The highest BCUT2D eigenvalue weighted by molar-refractivity contribution is 5.80. The molecule has 0 radical (unpaired) electrons. The molecule has 2 nitrogen and oxygen atoms in total. The van der Waals surface area contributed by atoms with Crippen molar-refractivity contribution in [2.45, 2.75) is 58.3 Å². The Morgan fingerprint density at radius 2 is 1.90 bits per heavy atom. The Balaban J connectivity index is 2.17. The number of hydrogen-bond donors (Lipinski definition) is 0. The molecular weight excluding hydrogens is 248 g/mol. The van der Waals surface area contributed by atoms with Gasteiger partial charge in [-0.05, 0) is 30.2 Å². The van der Waals surface area contributed by atoms with E-state index in [1.807, 2.05) is 12.1 Å². The maximum absolute atomic E-state index is 11.3. The summed E-state index contributed by atoms with van der Waals surface area (Å²) in [6.07, 6.45) is 7.41. The molecule has 0 saturated heterocycles. The molecule has 0 aliphatic heterocycles. The summed E-state index contributed by atoms with van der Waals surface area (Å²) in [5.41, 5.74) is 1.78. The van der Waals surface area contributed by atoms with Crippen LogP contribution in [-0.2, 0) is 5.41 Å². The number of benzene rings is 1. The number of rotatable bonds is 4. The Bertz CT molecular complexity index is 451. The number of ether oxygens (including phenoxy) is 1. The number of para-hydroxylation sites is 1. The molecule has 0 aromatic heterocycles. The quantitative estimate of drug-likeness (QED) is 0.740. The molecule has 2 rings (SSSR count). The molecule has 0 heterocycles. The van der Waals surface area contributed by atoms with Crippen molar-refractivity contribution in [3.63, 3.8) is 0 Å². The summed E-state index contributed by atoms with van der Waals surface area (Å²) in [6.45, 7) is 7.22. The molecule has 0 bridgehead atoms. The van der Waals surface area contributed by atoms with Crippen molar-refractivity contribution < 1.29 is 9.53 Å². The molecule has 1 aliphatic carbocycles. The third kappa shape index (κ3) is 3.62. The fourth-order valence-corrected chi connectivity index (χ4v) is 2.95. The predicted molar refractivity (Wildman–Crippen MR) is 82.6 cm³/mol. The predicted octanol–water partition coefficient (Wildman–Crippen LogP) is 4.76. The van der Waals surface area contributed by atoms with Crippen molar-refractivity contribution in [3.05, 3.63) is 29.3 Å². The Morgan fingerprint density at radius 1 is 1.20 bits per heavy atom. The van der Waals surface area contributed by atoms with Crippen LogP contribution in [0.5, 0.6) is 5.75 Å². The zero-order chi connectivity index (χ0) is 14.6. The summed E-state index contributed by atoms with van der Waals surface area (Å²) < 4.78 is 6.09. The monoisotopic (exact) mass is 274 g/mol. The molecule has 110 valence electrons. The highest BCUT2D eigenvalue weighted by atomic mass is 16.5. The van der Waals surface area contributed by atoms with Crippen molar-refractivity contribution in [3.8, 4) is 5.75 Å². The minimum atomic E-state index is -0.0130. The Labute approximate surface area is 122 Å². The summed E-state index contributed by atoms with van der Waals surface area (Å²) in [5.74, 6) is 1.44. The SMILES string of the molecule is CC(C)(C)c1cccc(C=O)c1OCC1CCCCC1. The first-order valence-corrected chi connectivity index (χ1v) is 7.74. The third-order valence-electron chi connectivity index (χ3n) is 4.17. The van der Waals surface area contributed by atoms with Gasteiger partial charge in [-0.3, -0.25) is 4.79 Å². The number of aldehydes is 1. The second-order valence-corrected chi connectivity index (χ2v) is 6.91. The van der Waals surface area contributed by atoms with Gasteiger partial charge in [0.1, 0.15) is 5.75 Å². The average molecular weight is 274 g/mol. The van der Waals surface area contributed by atoms with Crippen LogP contribution in [0.2, 0.25) is 0 Å². The standard InChI is InChI=1S/C18H26O2/c1-18(2,3)16-11-7-10-15(12-19)17(16)20-13-14-8-5-4-6-9-14/h7,10-12,14H,4-6,8-9,13H2,1-3H3. The van der Waals surface area contributed by atoms with E-state index in [2.05, 4.69) is 26.8 Å². The van der Waals surface area contributed by atoms with Gasteiger partial charge in [-0.2, -0.15) is 0 Å². The molecule has 1 fully saturated rings. The van der Waals surface area contributed by atoms with Crippen LogP contribution in [0, 0.1) is 5.92 Å². The van der Waals surface area contributed by atoms with Gasteiger partial charge in [0.15, 0.2) is 6.29 Å². The maximum atomic E-state index is 11.3. The van der Waals surface area contributed by atoms with E-state index in [-0.39, 0.29) is 5.41 Å². The van der Waals surface area contributed by atoms with Crippen molar-refractivity contribution in [1.29, 1.82) is 0 Å². The lowest BCUT2D eigenvalue weighted by atomic mass is 9.85. The zero-order valence-electron chi connectivity index (χ0n) is 12.9. The summed E-state index contributed by atoms with van der Waals surface area (Å²) in [7, 11) is 0. The molecule has 1 aliphatic rings. The number of carbonyl (C=O) groups excluding carboxylic acids is 1. The van der Waals surface area contributed by atoms with Gasteiger partial charge in [0, 0.05) is 5.56 Å². The van der Waals surface area contributed by atoms with Crippen molar-refractivity contribution in [1.82, 2.24) is 0 Å². The van der Waals surface area contributed by atoms with E-state index in [9.17, 15) is 4.79 Å². The molecule has 0 amide bonds. The van der Waals surface area contributed by atoms with Gasteiger partial charge in [-0.25, -0.2) is 0 Å². The largest absolute Gasteiger partial charge is 0.492 e. The second-order valence-electron chi connectivity index (χ2n) is 6.91. The van der Waals surface area contributed by atoms with E-state index in [4.69, 9.17) is 4.74 Å². The van der Waals surface area contributed by atoms with Gasteiger partial charge in [-0.1, -0.05) is 52.2 Å². The topological polar surface area (TPSA) is 26.3 Å². The molecule has 1 aromatic carbocycles. The second kappa shape index (κ2) is 6.43. The smallest absolute Gasteiger partial charge is 0.153 e. The molecule has 0 spiro atoms. The van der Waals surface area contributed by atoms with Crippen LogP contribution >= 0.6 is 0 Å². The van der Waals surface area contributed by atoms with Gasteiger partial charge in [-0.15, -0.1) is 0 Å². The maximum Gasteiger partial charge on any atom is 0.153 e. The fourth-order valence-electron chi connectivity index (χ4n) is 2.95. The van der Waals surface area contributed by atoms with Crippen LogP contribution in [0.25, 0.3) is 0 Å². The molecule has 20 heavy (non-hydrogen) atoms. The van der Waals surface area contributed by atoms with E-state index < -0.39 is 0 Å². The number of hydrogen-bond acceptors (Lipinski definition) is 2. The van der Waals surface area contributed by atoms with Crippen LogP contribution in [0.15, 0.2) is 18.2 Å². The Kier molecular flexibility index (Phi) is 4.85. The van der Waals surface area contributed by atoms with Crippen molar-refractivity contribution in [2.75, 3.05) is 6.61 Å². The molecule has 0 unspecified atom stereocenters. The first-order valence-electron chi connectivity index (χ1n) is 7.74. The highest BCUT2D eigenvalue weighted by Gasteiger charge is 2.22. The van der Waals surface area contributed by atoms with Gasteiger partial charge in [0.05, 0.1) is 12.2 Å². The lowest BCUT2D eigenvalue weighted by molar-refractivity contribution is 0.111. The average Bonchev–Trinajstić information content (AvgIpc) is 2.44. The number of carbonyl (C=O) groups is 1. The van der Waals surface area contributed by atoms with Crippen molar-refractivity contribution in [2.24, 2.45) is 5.92 Å². The Hall–Kier alpha value is -1.31. The summed E-state index contributed by atoms with van der Waals surface area (Å²) in [4.78, 5) is 11.3.